The van der Waals surface area contributed by atoms with Gasteiger partial charge in [-0.25, -0.2) is 0 Å². The van der Waals surface area contributed by atoms with Crippen LogP contribution in [0.2, 0.25) is 5.22 Å². The zero-order valence-corrected chi connectivity index (χ0v) is 10.5. The standard InChI is InChI=1S/C11H17ClN2O2/c1-7(2)11(3,6-13)14-10(15)8-4-5-9(12)16-8/h4-5,7H,6,13H2,1-3H3,(H,14,15). The van der Waals surface area contributed by atoms with Crippen LogP contribution in [0.15, 0.2) is 16.5 Å². The molecule has 1 aromatic rings. The van der Waals surface area contributed by atoms with Crippen molar-refractivity contribution in [3.8, 4) is 0 Å². The Morgan fingerprint density at radius 1 is 1.62 bits per heavy atom. The molecule has 0 aliphatic carbocycles. The molecule has 0 aliphatic heterocycles. The fourth-order valence-corrected chi connectivity index (χ4v) is 1.33. The second-order valence-electron chi connectivity index (χ2n) is 4.33. The number of furan rings is 1. The highest BCUT2D eigenvalue weighted by molar-refractivity contribution is 6.29. The first-order valence-electron chi connectivity index (χ1n) is 5.17. The molecule has 1 atom stereocenters. The highest BCUT2D eigenvalue weighted by Crippen LogP contribution is 2.18. The van der Waals surface area contributed by atoms with Crippen LogP contribution >= 0.6 is 11.6 Å². The van der Waals surface area contributed by atoms with E-state index in [0.717, 1.165) is 0 Å². The molecule has 0 saturated carbocycles. The van der Waals surface area contributed by atoms with Crippen LogP contribution in [0, 0.1) is 5.92 Å². The lowest BCUT2D eigenvalue weighted by Crippen LogP contribution is -2.54. The van der Waals surface area contributed by atoms with E-state index in [1.54, 1.807) is 0 Å². The van der Waals surface area contributed by atoms with Crippen molar-refractivity contribution in [1.29, 1.82) is 0 Å². The third kappa shape index (κ3) is 2.77. The van der Waals surface area contributed by atoms with Crippen LogP contribution in [0.25, 0.3) is 0 Å². The minimum absolute atomic E-state index is 0.198. The van der Waals surface area contributed by atoms with E-state index in [1.165, 1.54) is 12.1 Å². The molecule has 0 aliphatic rings. The van der Waals surface area contributed by atoms with Gasteiger partial charge in [0.1, 0.15) is 0 Å². The van der Waals surface area contributed by atoms with E-state index in [4.69, 9.17) is 21.8 Å². The van der Waals surface area contributed by atoms with Crippen molar-refractivity contribution in [1.82, 2.24) is 5.32 Å². The highest BCUT2D eigenvalue weighted by atomic mass is 35.5. The molecule has 1 heterocycles. The number of carbonyl (C=O) groups is 1. The van der Waals surface area contributed by atoms with Gasteiger partial charge >= 0.3 is 0 Å². The lowest BCUT2D eigenvalue weighted by Gasteiger charge is -2.33. The summed E-state index contributed by atoms with van der Waals surface area (Å²) in [4.78, 5) is 11.8. The molecule has 4 nitrogen and oxygen atoms in total. The van der Waals surface area contributed by atoms with E-state index < -0.39 is 5.54 Å². The minimum Gasteiger partial charge on any atom is -0.440 e. The van der Waals surface area contributed by atoms with Gasteiger partial charge in [0.05, 0.1) is 5.54 Å². The summed E-state index contributed by atoms with van der Waals surface area (Å²) < 4.78 is 5.03. The van der Waals surface area contributed by atoms with Gasteiger partial charge in [-0.3, -0.25) is 4.79 Å². The number of halogens is 1. The van der Waals surface area contributed by atoms with Crippen molar-refractivity contribution in [3.05, 3.63) is 23.1 Å². The van der Waals surface area contributed by atoms with Crippen molar-refractivity contribution in [2.24, 2.45) is 11.7 Å². The summed E-state index contributed by atoms with van der Waals surface area (Å²) in [5.74, 6) is 0.130. The predicted molar refractivity (Wildman–Crippen MR) is 63.5 cm³/mol. The first kappa shape index (κ1) is 13.1. The molecule has 0 aromatic carbocycles. The molecule has 90 valence electrons. The average Bonchev–Trinajstić information content (AvgIpc) is 2.64. The average molecular weight is 245 g/mol. The Balaban J connectivity index is 2.77. The van der Waals surface area contributed by atoms with Crippen LogP contribution < -0.4 is 11.1 Å². The second-order valence-corrected chi connectivity index (χ2v) is 4.71. The van der Waals surface area contributed by atoms with Gasteiger partial charge in [-0.15, -0.1) is 0 Å². The minimum atomic E-state index is -0.448. The normalized spacial score (nSPS) is 14.9. The number of hydrogen-bond acceptors (Lipinski definition) is 3. The van der Waals surface area contributed by atoms with Crippen molar-refractivity contribution < 1.29 is 9.21 Å². The first-order chi connectivity index (χ1) is 7.39. The quantitative estimate of drug-likeness (QED) is 0.852. The molecule has 0 fully saturated rings. The highest BCUT2D eigenvalue weighted by Gasteiger charge is 2.29. The van der Waals surface area contributed by atoms with Crippen LogP contribution in [-0.4, -0.2) is 18.0 Å². The van der Waals surface area contributed by atoms with Crippen molar-refractivity contribution in [2.75, 3.05) is 6.54 Å². The van der Waals surface area contributed by atoms with Crippen LogP contribution in [-0.2, 0) is 0 Å². The number of rotatable bonds is 4. The fraction of sp³-hybridized carbons (Fsp3) is 0.545. The summed E-state index contributed by atoms with van der Waals surface area (Å²) in [5.41, 5.74) is 5.22. The Labute approximate surface area is 100 Å². The zero-order valence-electron chi connectivity index (χ0n) is 9.71. The summed E-state index contributed by atoms with van der Waals surface area (Å²) >= 11 is 5.60. The maximum absolute atomic E-state index is 11.8. The number of nitrogens with one attached hydrogen (secondary N) is 1. The summed E-state index contributed by atoms with van der Waals surface area (Å²) in [6.07, 6.45) is 0. The summed E-state index contributed by atoms with van der Waals surface area (Å²) in [6, 6.07) is 3.07. The molecule has 0 saturated heterocycles. The van der Waals surface area contributed by atoms with E-state index in [9.17, 15) is 4.79 Å². The zero-order chi connectivity index (χ0) is 12.3. The molecule has 5 heteroatoms. The Morgan fingerprint density at radius 3 is 2.62 bits per heavy atom. The lowest BCUT2D eigenvalue weighted by molar-refractivity contribution is 0.0854. The van der Waals surface area contributed by atoms with Gasteiger partial charge in [0.15, 0.2) is 11.0 Å². The summed E-state index contributed by atoms with van der Waals surface area (Å²) in [7, 11) is 0. The number of amides is 1. The maximum Gasteiger partial charge on any atom is 0.287 e. The van der Waals surface area contributed by atoms with E-state index in [-0.39, 0.29) is 22.8 Å². The molecule has 1 rings (SSSR count). The maximum atomic E-state index is 11.8. The van der Waals surface area contributed by atoms with Gasteiger partial charge in [0.2, 0.25) is 0 Å². The molecule has 1 aromatic heterocycles. The first-order valence-corrected chi connectivity index (χ1v) is 5.55. The molecule has 0 radical (unpaired) electrons. The van der Waals surface area contributed by atoms with E-state index in [1.807, 2.05) is 20.8 Å². The third-order valence-electron chi connectivity index (χ3n) is 2.89. The Bertz CT molecular complexity index is 376. The van der Waals surface area contributed by atoms with Crippen molar-refractivity contribution in [2.45, 2.75) is 26.3 Å². The molecular weight excluding hydrogens is 228 g/mol. The van der Waals surface area contributed by atoms with Gasteiger partial charge in [-0.2, -0.15) is 0 Å². The topological polar surface area (TPSA) is 68.3 Å². The van der Waals surface area contributed by atoms with E-state index in [2.05, 4.69) is 5.32 Å². The molecule has 0 bridgehead atoms. The summed E-state index contributed by atoms with van der Waals surface area (Å²) in [5, 5.41) is 3.05. The van der Waals surface area contributed by atoms with Crippen molar-refractivity contribution >= 4 is 17.5 Å². The van der Waals surface area contributed by atoms with Gasteiger partial charge in [-0.05, 0) is 36.6 Å². The van der Waals surface area contributed by atoms with Gasteiger partial charge in [0, 0.05) is 6.54 Å². The number of nitrogens with two attached hydrogens (primary N) is 1. The molecular formula is C11H17ClN2O2. The Hall–Kier alpha value is -1.00. The monoisotopic (exact) mass is 244 g/mol. The smallest absolute Gasteiger partial charge is 0.287 e. The predicted octanol–water partition coefficient (Wildman–Crippen LogP) is 2.04. The summed E-state index contributed by atoms with van der Waals surface area (Å²) in [6.45, 7) is 6.27. The van der Waals surface area contributed by atoms with Crippen LogP contribution in [0.4, 0.5) is 0 Å². The molecule has 16 heavy (non-hydrogen) atoms. The lowest BCUT2D eigenvalue weighted by atomic mass is 9.88. The molecule has 3 N–H and O–H groups in total. The van der Waals surface area contributed by atoms with E-state index in [0.29, 0.717) is 6.54 Å². The van der Waals surface area contributed by atoms with Gasteiger partial charge in [0.25, 0.3) is 5.91 Å². The van der Waals surface area contributed by atoms with Crippen LogP contribution in [0.5, 0.6) is 0 Å². The molecule has 1 amide bonds. The second kappa shape index (κ2) is 4.89. The Kier molecular flexibility index (Phi) is 3.99. The SMILES string of the molecule is CC(C)C(C)(CN)NC(=O)c1ccc(Cl)o1. The fourth-order valence-electron chi connectivity index (χ4n) is 1.19. The third-order valence-corrected chi connectivity index (χ3v) is 3.10. The number of hydrogen-bond donors (Lipinski definition) is 2. The Morgan fingerprint density at radius 2 is 2.25 bits per heavy atom. The van der Waals surface area contributed by atoms with E-state index >= 15 is 0 Å². The van der Waals surface area contributed by atoms with Crippen molar-refractivity contribution in [3.63, 3.8) is 0 Å². The molecule has 1 unspecified atom stereocenters. The van der Waals surface area contributed by atoms with Crippen LogP contribution in [0.1, 0.15) is 31.3 Å². The van der Waals surface area contributed by atoms with Crippen LogP contribution in [0.3, 0.4) is 0 Å². The van der Waals surface area contributed by atoms with Gasteiger partial charge < -0.3 is 15.5 Å². The largest absolute Gasteiger partial charge is 0.440 e. The molecule has 0 spiro atoms. The van der Waals surface area contributed by atoms with Gasteiger partial charge in [-0.1, -0.05) is 13.8 Å². The number of carbonyl (C=O) groups excluding carboxylic acids is 1.